The van der Waals surface area contributed by atoms with Gasteiger partial charge in [-0.1, -0.05) is 19.9 Å². The molecule has 1 saturated heterocycles. The number of para-hydroxylation sites is 1. The van der Waals surface area contributed by atoms with Gasteiger partial charge in [-0.3, -0.25) is 14.3 Å². The lowest BCUT2D eigenvalue weighted by atomic mass is 9.93. The Morgan fingerprint density at radius 1 is 1.03 bits per heavy atom. The van der Waals surface area contributed by atoms with Crippen LogP contribution in [0.25, 0.3) is 16.6 Å². The van der Waals surface area contributed by atoms with Crippen LogP contribution in [0, 0.1) is 17.0 Å². The summed E-state index contributed by atoms with van der Waals surface area (Å²) in [7, 11) is 0. The highest BCUT2D eigenvalue weighted by atomic mass is 19.1. The number of rotatable bonds is 5. The van der Waals surface area contributed by atoms with Crippen molar-refractivity contribution in [1.29, 1.82) is 0 Å². The summed E-state index contributed by atoms with van der Waals surface area (Å²) < 4.78 is 31.3. The number of amides is 1. The number of nitrogens with zero attached hydrogens (tertiary/aromatic N) is 5. The van der Waals surface area contributed by atoms with Crippen LogP contribution in [0.5, 0.6) is 0 Å². The zero-order chi connectivity index (χ0) is 25.9. The molecule has 4 aromatic rings. The molecule has 190 valence electrons. The summed E-state index contributed by atoms with van der Waals surface area (Å²) in [6.07, 6.45) is 5.26. The van der Waals surface area contributed by atoms with Gasteiger partial charge in [-0.15, -0.1) is 0 Å². The molecule has 3 heterocycles. The van der Waals surface area contributed by atoms with E-state index in [1.807, 2.05) is 23.0 Å². The summed E-state index contributed by atoms with van der Waals surface area (Å²) >= 11 is 0. The van der Waals surface area contributed by atoms with E-state index in [9.17, 15) is 18.4 Å². The largest absolute Gasteiger partial charge is 0.369 e. The van der Waals surface area contributed by atoms with Gasteiger partial charge in [0.1, 0.15) is 11.4 Å². The fraction of sp³-hybridized carbons (Fsp3) is 0.333. The van der Waals surface area contributed by atoms with Gasteiger partial charge in [-0.25, -0.2) is 8.78 Å². The van der Waals surface area contributed by atoms with Crippen molar-refractivity contribution in [2.24, 2.45) is 5.41 Å². The van der Waals surface area contributed by atoms with Gasteiger partial charge in [-0.05, 0) is 55.0 Å². The zero-order valence-electron chi connectivity index (χ0n) is 20.5. The van der Waals surface area contributed by atoms with Gasteiger partial charge in [0.2, 0.25) is 0 Å². The molecule has 0 unspecified atom stereocenters. The zero-order valence-corrected chi connectivity index (χ0v) is 20.5. The van der Waals surface area contributed by atoms with Crippen LogP contribution >= 0.6 is 0 Å². The minimum atomic E-state index is -0.954. The van der Waals surface area contributed by atoms with Crippen LogP contribution in [0.2, 0.25) is 0 Å². The first-order valence-electron chi connectivity index (χ1n) is 12.3. The van der Waals surface area contributed by atoms with Crippen molar-refractivity contribution in [2.45, 2.75) is 39.2 Å². The Kier molecular flexibility index (Phi) is 5.36. The quantitative estimate of drug-likeness (QED) is 0.427. The summed E-state index contributed by atoms with van der Waals surface area (Å²) in [6.45, 7) is 6.08. The van der Waals surface area contributed by atoms with Crippen LogP contribution in [0.4, 0.5) is 20.2 Å². The Morgan fingerprint density at radius 3 is 2.46 bits per heavy atom. The molecule has 1 aliphatic carbocycles. The molecular weight excluding hydrogens is 478 g/mol. The highest BCUT2D eigenvalue weighted by molar-refractivity contribution is 6.08. The van der Waals surface area contributed by atoms with E-state index < -0.39 is 28.8 Å². The molecule has 1 N–H and O–H groups in total. The maximum absolute atomic E-state index is 14.3. The summed E-state index contributed by atoms with van der Waals surface area (Å²) in [4.78, 5) is 28.0. The van der Waals surface area contributed by atoms with E-state index in [4.69, 9.17) is 5.10 Å². The number of anilines is 2. The fourth-order valence-corrected chi connectivity index (χ4v) is 4.94. The minimum absolute atomic E-state index is 0.122. The van der Waals surface area contributed by atoms with Crippen LogP contribution in [-0.2, 0) is 0 Å². The summed E-state index contributed by atoms with van der Waals surface area (Å²) in [5.74, 6) is -2.51. The van der Waals surface area contributed by atoms with Crippen molar-refractivity contribution in [3.63, 3.8) is 0 Å². The molecule has 0 radical (unpaired) electrons. The van der Waals surface area contributed by atoms with Crippen molar-refractivity contribution in [2.75, 3.05) is 23.3 Å². The number of carbonyl (C=O) groups is 1. The lowest BCUT2D eigenvalue weighted by Gasteiger charge is -2.25. The topological polar surface area (TPSA) is 85.1 Å². The number of aromatic nitrogens is 4. The van der Waals surface area contributed by atoms with E-state index in [0.717, 1.165) is 67.1 Å². The van der Waals surface area contributed by atoms with Gasteiger partial charge in [0.05, 0.1) is 22.9 Å². The standard InChI is InChI=1S/C27H26F2N6O2/c1-27(2)12-13-33(15-27)24-17-14-34(16-6-7-16)31-20(17)8-9-21(24)30-26(37)22-10-11-23(36)35(32-22)25-18(28)4-3-5-19(25)29/h3-5,8-11,14,16H,6-7,12-13,15H2,1-2H3,(H,30,37). The van der Waals surface area contributed by atoms with E-state index in [2.05, 4.69) is 29.2 Å². The van der Waals surface area contributed by atoms with Gasteiger partial charge in [0, 0.05) is 30.7 Å². The lowest BCUT2D eigenvalue weighted by molar-refractivity contribution is 0.102. The Labute approximate surface area is 211 Å². The average molecular weight is 505 g/mol. The molecule has 6 rings (SSSR count). The van der Waals surface area contributed by atoms with Crippen molar-refractivity contribution in [3.8, 4) is 5.69 Å². The van der Waals surface area contributed by atoms with Crippen molar-refractivity contribution in [3.05, 3.63) is 76.3 Å². The van der Waals surface area contributed by atoms with Gasteiger partial charge in [0.25, 0.3) is 11.5 Å². The molecule has 2 aliphatic rings. The van der Waals surface area contributed by atoms with Crippen LogP contribution in [0.3, 0.4) is 0 Å². The first-order valence-corrected chi connectivity index (χ1v) is 12.3. The highest BCUT2D eigenvalue weighted by Gasteiger charge is 2.33. The fourth-order valence-electron chi connectivity index (χ4n) is 4.94. The third kappa shape index (κ3) is 4.26. The van der Waals surface area contributed by atoms with E-state index in [1.54, 1.807) is 0 Å². The van der Waals surface area contributed by atoms with E-state index in [1.165, 1.54) is 12.1 Å². The molecule has 10 heteroatoms. The van der Waals surface area contributed by atoms with Gasteiger partial charge in [-0.2, -0.15) is 14.9 Å². The number of nitrogens with one attached hydrogen (secondary N) is 1. The number of fused-ring (bicyclic) bond motifs is 1. The molecule has 1 aliphatic heterocycles. The van der Waals surface area contributed by atoms with Gasteiger partial charge >= 0.3 is 0 Å². The van der Waals surface area contributed by atoms with Crippen molar-refractivity contribution >= 4 is 28.2 Å². The first kappa shape index (κ1) is 23.3. The maximum atomic E-state index is 14.3. The Morgan fingerprint density at radius 2 is 1.78 bits per heavy atom. The smallest absolute Gasteiger partial charge is 0.276 e. The van der Waals surface area contributed by atoms with Crippen molar-refractivity contribution < 1.29 is 13.6 Å². The summed E-state index contributed by atoms with van der Waals surface area (Å²) in [6, 6.07) is 9.67. The number of halogens is 2. The Hall–Kier alpha value is -4.08. The molecule has 0 spiro atoms. The lowest BCUT2D eigenvalue weighted by Crippen LogP contribution is -2.27. The SMILES string of the molecule is CC1(C)CCN(c2c(NC(=O)c3ccc(=O)n(-c4c(F)cccc4F)n3)ccc3nn(C4CC4)cc23)C1. The molecule has 1 amide bonds. The molecular formula is C27H26F2N6O2. The predicted octanol–water partition coefficient (Wildman–Crippen LogP) is 4.68. The maximum Gasteiger partial charge on any atom is 0.276 e. The van der Waals surface area contributed by atoms with Crippen LogP contribution in [0.15, 0.2) is 53.5 Å². The number of hydrogen-bond acceptors (Lipinski definition) is 5. The summed E-state index contributed by atoms with van der Waals surface area (Å²) in [5, 5.41) is 12.6. The average Bonchev–Trinajstić information content (AvgIpc) is 3.51. The number of benzene rings is 2. The molecule has 37 heavy (non-hydrogen) atoms. The normalized spacial score (nSPS) is 16.9. The highest BCUT2D eigenvalue weighted by Crippen LogP contribution is 2.42. The molecule has 0 atom stereocenters. The van der Waals surface area contributed by atoms with Crippen LogP contribution in [0.1, 0.15) is 49.6 Å². The third-order valence-corrected chi connectivity index (χ3v) is 7.02. The first-order chi connectivity index (χ1) is 17.7. The van der Waals surface area contributed by atoms with Crippen LogP contribution < -0.4 is 15.8 Å². The Balaban J connectivity index is 1.39. The number of carbonyl (C=O) groups excluding carboxylic acids is 1. The van der Waals surface area contributed by atoms with E-state index >= 15 is 0 Å². The molecule has 8 nitrogen and oxygen atoms in total. The van der Waals surface area contributed by atoms with E-state index in [-0.39, 0.29) is 11.1 Å². The second-order valence-corrected chi connectivity index (χ2v) is 10.6. The molecule has 2 aromatic heterocycles. The second-order valence-electron chi connectivity index (χ2n) is 10.6. The molecule has 2 fully saturated rings. The van der Waals surface area contributed by atoms with Gasteiger partial charge < -0.3 is 10.2 Å². The second kappa shape index (κ2) is 8.50. The van der Waals surface area contributed by atoms with Gasteiger partial charge in [0.15, 0.2) is 11.6 Å². The predicted molar refractivity (Wildman–Crippen MR) is 136 cm³/mol. The summed E-state index contributed by atoms with van der Waals surface area (Å²) in [5.41, 5.74) is 0.913. The molecule has 1 saturated carbocycles. The van der Waals surface area contributed by atoms with E-state index in [0.29, 0.717) is 16.4 Å². The van der Waals surface area contributed by atoms with Crippen molar-refractivity contribution in [1.82, 2.24) is 19.6 Å². The number of hydrogen-bond donors (Lipinski definition) is 1. The molecule has 0 bridgehead atoms. The minimum Gasteiger partial charge on any atom is -0.369 e. The molecule has 2 aromatic carbocycles. The Bertz CT molecular complexity index is 1580. The third-order valence-electron chi connectivity index (χ3n) is 7.02. The monoisotopic (exact) mass is 504 g/mol. The van der Waals surface area contributed by atoms with Crippen LogP contribution in [-0.4, -0.2) is 38.6 Å².